The Kier molecular flexibility index (Phi) is 3.33. The summed E-state index contributed by atoms with van der Waals surface area (Å²) >= 11 is 5.11. The van der Waals surface area contributed by atoms with Crippen LogP contribution in [-0.4, -0.2) is 35.2 Å². The molecule has 3 nitrogen and oxygen atoms in total. The van der Waals surface area contributed by atoms with Gasteiger partial charge in [0.15, 0.2) is 0 Å². The number of nitrogens with two attached hydrogens (primary N) is 1. The Morgan fingerprint density at radius 1 is 1.28 bits per heavy atom. The van der Waals surface area contributed by atoms with Crippen molar-refractivity contribution in [3.8, 4) is 0 Å². The third kappa shape index (κ3) is 2.41. The van der Waals surface area contributed by atoms with Crippen LogP contribution in [-0.2, 0) is 11.3 Å². The van der Waals surface area contributed by atoms with Gasteiger partial charge in [-0.25, -0.2) is 0 Å². The molecular weight excluding hydrogens is 244 g/mol. The maximum absolute atomic E-state index is 5.85. The predicted octanol–water partition coefficient (Wildman–Crippen LogP) is 1.68. The van der Waals surface area contributed by atoms with Crippen LogP contribution >= 0.6 is 12.2 Å². The summed E-state index contributed by atoms with van der Waals surface area (Å²) in [5, 5.41) is 0. The number of morpholine rings is 1. The standard InChI is InChI=1S/C14H18N2OS/c15-14(18)13-4-2-1-3-10(13)7-16-8-11-5-6-12(9-16)17-11/h1-4,11-12H,5-9H2,(H2,15,18). The number of hydrogen-bond acceptors (Lipinski definition) is 3. The van der Waals surface area contributed by atoms with Crippen molar-refractivity contribution in [1.82, 2.24) is 4.90 Å². The lowest BCUT2D eigenvalue weighted by molar-refractivity contribution is -0.0410. The molecule has 0 radical (unpaired) electrons. The van der Waals surface area contributed by atoms with E-state index < -0.39 is 0 Å². The molecule has 1 aromatic rings. The lowest BCUT2D eigenvalue weighted by Crippen LogP contribution is -2.42. The van der Waals surface area contributed by atoms with Gasteiger partial charge in [0.1, 0.15) is 4.99 Å². The van der Waals surface area contributed by atoms with Crippen molar-refractivity contribution in [2.45, 2.75) is 31.6 Å². The summed E-state index contributed by atoms with van der Waals surface area (Å²) in [4.78, 5) is 2.95. The summed E-state index contributed by atoms with van der Waals surface area (Å²) in [6.45, 7) is 2.98. The van der Waals surface area contributed by atoms with Crippen LogP contribution in [0.3, 0.4) is 0 Å². The number of thiocarbonyl (C=S) groups is 1. The molecular formula is C14H18N2OS. The van der Waals surface area contributed by atoms with E-state index in [1.54, 1.807) is 0 Å². The third-order valence-corrected chi connectivity index (χ3v) is 4.02. The minimum absolute atomic E-state index is 0.431. The van der Waals surface area contributed by atoms with Crippen molar-refractivity contribution in [2.75, 3.05) is 13.1 Å². The van der Waals surface area contributed by atoms with Gasteiger partial charge in [0, 0.05) is 25.2 Å². The van der Waals surface area contributed by atoms with E-state index in [9.17, 15) is 0 Å². The zero-order valence-electron chi connectivity index (χ0n) is 10.3. The molecule has 2 atom stereocenters. The minimum atomic E-state index is 0.431. The van der Waals surface area contributed by atoms with Crippen LogP contribution in [0.25, 0.3) is 0 Å². The predicted molar refractivity (Wildman–Crippen MR) is 75.5 cm³/mol. The van der Waals surface area contributed by atoms with Crippen molar-refractivity contribution in [2.24, 2.45) is 5.73 Å². The Morgan fingerprint density at radius 2 is 1.94 bits per heavy atom. The molecule has 2 fully saturated rings. The Hall–Kier alpha value is -0.970. The maximum atomic E-state index is 5.85. The number of ether oxygens (including phenoxy) is 1. The fourth-order valence-electron chi connectivity index (χ4n) is 2.97. The lowest BCUT2D eigenvalue weighted by atomic mass is 10.1. The largest absolute Gasteiger partial charge is 0.389 e. The van der Waals surface area contributed by atoms with Crippen LogP contribution in [0.15, 0.2) is 24.3 Å². The Bertz CT molecular complexity index is 451. The fourth-order valence-corrected chi connectivity index (χ4v) is 3.17. The highest BCUT2D eigenvalue weighted by Crippen LogP contribution is 2.27. The zero-order valence-corrected chi connectivity index (χ0v) is 11.2. The summed E-state index contributed by atoms with van der Waals surface area (Å²) in [6, 6.07) is 8.16. The van der Waals surface area contributed by atoms with Crippen molar-refractivity contribution < 1.29 is 4.74 Å². The van der Waals surface area contributed by atoms with Gasteiger partial charge >= 0.3 is 0 Å². The highest BCUT2D eigenvalue weighted by Gasteiger charge is 2.33. The first-order valence-electron chi connectivity index (χ1n) is 6.48. The van der Waals surface area contributed by atoms with Gasteiger partial charge in [-0.05, 0) is 18.4 Å². The molecule has 18 heavy (non-hydrogen) atoms. The average molecular weight is 262 g/mol. The van der Waals surface area contributed by atoms with E-state index >= 15 is 0 Å². The van der Waals surface area contributed by atoms with Crippen molar-refractivity contribution in [1.29, 1.82) is 0 Å². The molecule has 2 aliphatic rings. The number of likely N-dealkylation sites (tertiary alicyclic amines) is 1. The van der Waals surface area contributed by atoms with Crippen LogP contribution < -0.4 is 5.73 Å². The van der Waals surface area contributed by atoms with Gasteiger partial charge < -0.3 is 10.5 Å². The van der Waals surface area contributed by atoms with Crippen LogP contribution in [0, 0.1) is 0 Å². The van der Waals surface area contributed by atoms with Crippen LogP contribution in [0.4, 0.5) is 0 Å². The molecule has 96 valence electrons. The fraction of sp³-hybridized carbons (Fsp3) is 0.500. The first kappa shape index (κ1) is 12.1. The van der Waals surface area contributed by atoms with Crippen LogP contribution in [0.5, 0.6) is 0 Å². The molecule has 2 N–H and O–H groups in total. The molecule has 2 unspecified atom stereocenters. The number of nitrogens with zero attached hydrogens (tertiary/aromatic N) is 1. The summed E-state index contributed by atoms with van der Waals surface area (Å²) in [5.41, 5.74) is 8.01. The summed E-state index contributed by atoms with van der Waals surface area (Å²) in [6.07, 6.45) is 3.28. The van der Waals surface area contributed by atoms with Gasteiger partial charge in [0.2, 0.25) is 0 Å². The van der Waals surface area contributed by atoms with Crippen LogP contribution in [0.1, 0.15) is 24.0 Å². The van der Waals surface area contributed by atoms with Gasteiger partial charge in [-0.1, -0.05) is 36.5 Å². The second kappa shape index (κ2) is 4.96. The summed E-state index contributed by atoms with van der Waals surface area (Å²) in [5.74, 6) is 0. The monoisotopic (exact) mass is 262 g/mol. The zero-order chi connectivity index (χ0) is 12.5. The van der Waals surface area contributed by atoms with Crippen molar-refractivity contribution in [3.05, 3.63) is 35.4 Å². The van der Waals surface area contributed by atoms with E-state index in [-0.39, 0.29) is 0 Å². The Labute approximate surface area is 113 Å². The SMILES string of the molecule is NC(=S)c1ccccc1CN1CC2CCC(C1)O2. The number of hydrogen-bond donors (Lipinski definition) is 1. The van der Waals surface area contributed by atoms with Crippen molar-refractivity contribution >= 4 is 17.2 Å². The van der Waals surface area contributed by atoms with Gasteiger partial charge in [-0.2, -0.15) is 0 Å². The number of benzene rings is 1. The van der Waals surface area contributed by atoms with E-state index in [1.165, 1.54) is 18.4 Å². The molecule has 0 aromatic heterocycles. The molecule has 3 rings (SSSR count). The van der Waals surface area contributed by atoms with E-state index in [1.807, 2.05) is 18.2 Å². The smallest absolute Gasteiger partial charge is 0.104 e. The normalized spacial score (nSPS) is 27.3. The van der Waals surface area contributed by atoms with E-state index in [2.05, 4.69) is 11.0 Å². The minimum Gasteiger partial charge on any atom is -0.389 e. The Balaban J connectivity index is 1.75. The summed E-state index contributed by atoms with van der Waals surface area (Å²) < 4.78 is 5.85. The second-order valence-electron chi connectivity index (χ2n) is 5.17. The topological polar surface area (TPSA) is 38.5 Å². The quantitative estimate of drug-likeness (QED) is 0.841. The van der Waals surface area contributed by atoms with Gasteiger partial charge in [0.25, 0.3) is 0 Å². The number of rotatable bonds is 3. The van der Waals surface area contributed by atoms with Gasteiger partial charge in [-0.15, -0.1) is 0 Å². The van der Waals surface area contributed by atoms with Gasteiger partial charge in [0.05, 0.1) is 12.2 Å². The highest BCUT2D eigenvalue weighted by molar-refractivity contribution is 7.80. The first-order chi connectivity index (χ1) is 8.72. The van der Waals surface area contributed by atoms with Crippen LogP contribution in [0.2, 0.25) is 0 Å². The molecule has 0 saturated carbocycles. The maximum Gasteiger partial charge on any atom is 0.104 e. The molecule has 2 aliphatic heterocycles. The average Bonchev–Trinajstić information content (AvgIpc) is 2.69. The summed E-state index contributed by atoms with van der Waals surface area (Å²) in [7, 11) is 0. The first-order valence-corrected chi connectivity index (χ1v) is 6.89. The van der Waals surface area contributed by atoms with E-state index in [0.29, 0.717) is 17.2 Å². The lowest BCUT2D eigenvalue weighted by Gasteiger charge is -2.32. The molecule has 0 aliphatic carbocycles. The van der Waals surface area contributed by atoms with Crippen molar-refractivity contribution in [3.63, 3.8) is 0 Å². The van der Waals surface area contributed by atoms with Gasteiger partial charge in [-0.3, -0.25) is 4.90 Å². The third-order valence-electron chi connectivity index (χ3n) is 3.80. The Morgan fingerprint density at radius 3 is 2.61 bits per heavy atom. The molecule has 4 heteroatoms. The molecule has 0 spiro atoms. The molecule has 0 amide bonds. The highest BCUT2D eigenvalue weighted by atomic mass is 32.1. The molecule has 2 heterocycles. The molecule has 1 aromatic carbocycles. The van der Waals surface area contributed by atoms with E-state index in [0.717, 1.165) is 25.2 Å². The van der Waals surface area contributed by atoms with E-state index in [4.69, 9.17) is 22.7 Å². The second-order valence-corrected chi connectivity index (χ2v) is 5.61. The number of fused-ring (bicyclic) bond motifs is 2. The molecule has 2 bridgehead atoms. The molecule has 2 saturated heterocycles.